The average Bonchev–Trinajstić information content (AvgIpc) is 2.30. The molecule has 1 aliphatic rings. The Balaban J connectivity index is 2.08. The number of ether oxygens (including phenoxy) is 1. The number of carbonyl (C=O) groups excluding carboxylic acids is 1. The molecule has 0 radical (unpaired) electrons. The minimum atomic E-state index is -0.567. The molecule has 0 spiro atoms. The van der Waals surface area contributed by atoms with Gasteiger partial charge in [-0.15, -0.1) is 0 Å². The number of nitrogens with one attached hydrogen (secondary N) is 1. The summed E-state index contributed by atoms with van der Waals surface area (Å²) in [4.78, 5) is 15.2. The van der Waals surface area contributed by atoms with Gasteiger partial charge in [0.2, 0.25) is 0 Å². The van der Waals surface area contributed by atoms with Gasteiger partial charge in [-0.1, -0.05) is 0 Å². The lowest BCUT2D eigenvalue weighted by atomic mass is 9.80. The van der Waals surface area contributed by atoms with Crippen LogP contribution in [0.25, 0.3) is 0 Å². The van der Waals surface area contributed by atoms with E-state index in [2.05, 4.69) is 10.3 Å². The van der Waals surface area contributed by atoms with E-state index >= 15 is 0 Å². The first-order chi connectivity index (χ1) is 8.56. The van der Waals surface area contributed by atoms with Crippen LogP contribution in [-0.4, -0.2) is 30.1 Å². The van der Waals surface area contributed by atoms with E-state index in [1.165, 1.54) is 12.5 Å². The van der Waals surface area contributed by atoms with Crippen LogP contribution in [0.5, 0.6) is 0 Å². The topological polar surface area (TPSA) is 103 Å². The molecule has 0 bridgehead atoms. The molecule has 0 unspecified atom stereocenters. The highest BCUT2D eigenvalue weighted by atomic mass is 16.5. The zero-order chi connectivity index (χ0) is 13.2. The fourth-order valence-electron chi connectivity index (χ4n) is 2.02. The van der Waals surface area contributed by atoms with Gasteiger partial charge in [0.25, 0.3) is 5.91 Å². The number of hydrogen-bond acceptors (Lipinski definition) is 5. The van der Waals surface area contributed by atoms with Crippen molar-refractivity contribution in [2.75, 3.05) is 24.7 Å². The van der Waals surface area contributed by atoms with Crippen LogP contribution in [0.15, 0.2) is 12.1 Å². The Hall–Kier alpha value is -1.82. The number of rotatable bonds is 5. The Morgan fingerprint density at radius 3 is 2.78 bits per heavy atom. The van der Waals surface area contributed by atoms with Crippen LogP contribution in [0.4, 0.5) is 11.5 Å². The van der Waals surface area contributed by atoms with Crippen LogP contribution in [0.3, 0.4) is 0 Å². The fourth-order valence-corrected chi connectivity index (χ4v) is 2.02. The Morgan fingerprint density at radius 1 is 1.56 bits per heavy atom. The molecule has 6 heteroatoms. The summed E-state index contributed by atoms with van der Waals surface area (Å²) in [5.74, 6) is -0.0854. The van der Waals surface area contributed by atoms with Gasteiger partial charge in [0.05, 0.1) is 11.3 Å². The van der Waals surface area contributed by atoms with Crippen molar-refractivity contribution in [1.82, 2.24) is 4.98 Å². The van der Waals surface area contributed by atoms with Crippen LogP contribution in [0, 0.1) is 0 Å². The quantitative estimate of drug-likeness (QED) is 0.715. The molecule has 0 atom stereocenters. The van der Waals surface area contributed by atoms with Gasteiger partial charge in [-0.3, -0.25) is 4.79 Å². The Labute approximate surface area is 106 Å². The number of nitrogens with two attached hydrogens (primary N) is 2. The van der Waals surface area contributed by atoms with Crippen molar-refractivity contribution >= 4 is 17.4 Å². The molecule has 1 fully saturated rings. The number of aromatic nitrogens is 1. The molecule has 1 saturated carbocycles. The molecule has 1 heterocycles. The van der Waals surface area contributed by atoms with Gasteiger partial charge >= 0.3 is 0 Å². The maximum absolute atomic E-state index is 11.1. The smallest absolute Gasteiger partial charge is 0.267 e. The number of pyridine rings is 1. The maximum atomic E-state index is 11.1. The lowest BCUT2D eigenvalue weighted by molar-refractivity contribution is -0.0601. The lowest BCUT2D eigenvalue weighted by Crippen LogP contribution is -2.45. The number of nitrogens with zero attached hydrogens (tertiary/aromatic N) is 1. The molecule has 2 rings (SSSR count). The monoisotopic (exact) mass is 250 g/mol. The van der Waals surface area contributed by atoms with Crippen molar-refractivity contribution < 1.29 is 9.53 Å². The second kappa shape index (κ2) is 4.81. The van der Waals surface area contributed by atoms with E-state index in [4.69, 9.17) is 16.2 Å². The third-order valence-corrected chi connectivity index (χ3v) is 3.45. The second-order valence-electron chi connectivity index (χ2n) is 4.59. The van der Waals surface area contributed by atoms with E-state index in [9.17, 15) is 4.79 Å². The zero-order valence-corrected chi connectivity index (χ0v) is 10.4. The molecule has 18 heavy (non-hydrogen) atoms. The number of carbonyl (C=O) groups is 1. The third-order valence-electron chi connectivity index (χ3n) is 3.45. The Morgan fingerprint density at radius 2 is 2.28 bits per heavy atom. The Kier molecular flexibility index (Phi) is 3.38. The van der Waals surface area contributed by atoms with Crippen LogP contribution < -0.4 is 16.8 Å². The molecule has 0 saturated heterocycles. The third kappa shape index (κ3) is 2.38. The first-order valence-corrected chi connectivity index (χ1v) is 5.92. The summed E-state index contributed by atoms with van der Waals surface area (Å²) < 4.78 is 5.49. The first-order valence-electron chi connectivity index (χ1n) is 5.92. The van der Waals surface area contributed by atoms with Crippen molar-refractivity contribution in [3.8, 4) is 0 Å². The number of methoxy groups -OCH3 is 1. The average molecular weight is 250 g/mol. The van der Waals surface area contributed by atoms with Gasteiger partial charge in [0.15, 0.2) is 0 Å². The van der Waals surface area contributed by atoms with Crippen molar-refractivity contribution in [2.45, 2.75) is 24.9 Å². The number of nitrogen functional groups attached to an aromatic ring is 1. The van der Waals surface area contributed by atoms with Crippen LogP contribution >= 0.6 is 0 Å². The standard InChI is InChI=1S/C12H18N4O2/c1-18-12(5-2-6-12)7-15-11-8(13)3-4-9(16-11)10(14)17/h3-4H,2,5-7,13H2,1H3,(H2,14,17)(H,15,16). The van der Waals surface area contributed by atoms with E-state index < -0.39 is 5.91 Å². The summed E-state index contributed by atoms with van der Waals surface area (Å²) in [5.41, 5.74) is 11.5. The second-order valence-corrected chi connectivity index (χ2v) is 4.59. The van der Waals surface area contributed by atoms with Crippen molar-refractivity contribution in [1.29, 1.82) is 0 Å². The van der Waals surface area contributed by atoms with Gasteiger partial charge in [0.1, 0.15) is 11.5 Å². The highest BCUT2D eigenvalue weighted by Crippen LogP contribution is 2.35. The van der Waals surface area contributed by atoms with Crippen LogP contribution in [-0.2, 0) is 4.74 Å². The van der Waals surface area contributed by atoms with E-state index in [1.807, 2.05) is 0 Å². The number of amides is 1. The van der Waals surface area contributed by atoms with Gasteiger partial charge in [0, 0.05) is 13.7 Å². The molecule has 0 aliphatic heterocycles. The van der Waals surface area contributed by atoms with E-state index in [0.29, 0.717) is 18.1 Å². The minimum Gasteiger partial charge on any atom is -0.396 e. The van der Waals surface area contributed by atoms with E-state index in [0.717, 1.165) is 12.8 Å². The SMILES string of the molecule is COC1(CNc2nc(C(N)=O)ccc2N)CCC1. The van der Waals surface area contributed by atoms with Gasteiger partial charge in [-0.2, -0.15) is 0 Å². The lowest BCUT2D eigenvalue weighted by Gasteiger charge is -2.40. The van der Waals surface area contributed by atoms with Crippen molar-refractivity contribution in [2.24, 2.45) is 5.73 Å². The summed E-state index contributed by atoms with van der Waals surface area (Å²) in [6.45, 7) is 0.628. The first kappa shape index (κ1) is 12.6. The predicted octanol–water partition coefficient (Wildman–Crippen LogP) is 0.744. The van der Waals surface area contributed by atoms with Gasteiger partial charge in [-0.25, -0.2) is 4.98 Å². The van der Waals surface area contributed by atoms with E-state index in [1.54, 1.807) is 13.2 Å². The normalized spacial score (nSPS) is 16.9. The van der Waals surface area contributed by atoms with Gasteiger partial charge in [-0.05, 0) is 31.4 Å². The summed E-state index contributed by atoms with van der Waals surface area (Å²) in [6, 6.07) is 3.13. The molecule has 1 amide bonds. The predicted molar refractivity (Wildman–Crippen MR) is 69.2 cm³/mol. The molecule has 6 nitrogen and oxygen atoms in total. The molecular weight excluding hydrogens is 232 g/mol. The van der Waals surface area contributed by atoms with Crippen molar-refractivity contribution in [3.05, 3.63) is 17.8 Å². The number of primary amides is 1. The summed E-state index contributed by atoms with van der Waals surface area (Å²) in [6.07, 6.45) is 3.21. The molecular formula is C12H18N4O2. The maximum Gasteiger partial charge on any atom is 0.267 e. The van der Waals surface area contributed by atoms with Crippen molar-refractivity contribution in [3.63, 3.8) is 0 Å². The summed E-state index contributed by atoms with van der Waals surface area (Å²) in [7, 11) is 1.71. The van der Waals surface area contributed by atoms with Crippen LogP contribution in [0.2, 0.25) is 0 Å². The molecule has 0 aromatic carbocycles. The molecule has 1 aromatic heterocycles. The summed E-state index contributed by atoms with van der Waals surface area (Å²) in [5, 5.41) is 3.13. The Bertz CT molecular complexity index is 452. The molecule has 1 aromatic rings. The van der Waals surface area contributed by atoms with Crippen LogP contribution in [0.1, 0.15) is 29.8 Å². The molecule has 98 valence electrons. The van der Waals surface area contributed by atoms with E-state index in [-0.39, 0.29) is 11.3 Å². The summed E-state index contributed by atoms with van der Waals surface area (Å²) >= 11 is 0. The molecule has 1 aliphatic carbocycles. The molecule has 5 N–H and O–H groups in total. The number of hydrogen-bond donors (Lipinski definition) is 3. The highest BCUT2D eigenvalue weighted by molar-refractivity contribution is 5.91. The van der Waals surface area contributed by atoms with Gasteiger partial charge < -0.3 is 21.5 Å². The zero-order valence-electron chi connectivity index (χ0n) is 10.4. The number of anilines is 2. The highest BCUT2D eigenvalue weighted by Gasteiger charge is 2.36. The fraction of sp³-hybridized carbons (Fsp3) is 0.500. The minimum absolute atomic E-state index is 0.128. The largest absolute Gasteiger partial charge is 0.396 e.